The minimum atomic E-state index is -0.850. The van der Waals surface area contributed by atoms with Crippen LogP contribution in [0.5, 0.6) is 0 Å². The molecule has 0 bridgehead atoms. The molecule has 0 radical (unpaired) electrons. The summed E-state index contributed by atoms with van der Waals surface area (Å²) in [6.07, 6.45) is 0.668. The summed E-state index contributed by atoms with van der Waals surface area (Å²) in [4.78, 5) is 83.0. The maximum atomic E-state index is 12.3. The second-order valence-corrected chi connectivity index (χ2v) is 13.1. The van der Waals surface area contributed by atoms with Crippen molar-refractivity contribution in [2.45, 2.75) is 79.7 Å². The van der Waals surface area contributed by atoms with E-state index in [1.807, 2.05) is 88.4 Å². The molecule has 2 aromatic rings. The quantitative estimate of drug-likeness (QED) is 0.359. The van der Waals surface area contributed by atoms with E-state index in [1.54, 1.807) is 4.90 Å². The van der Waals surface area contributed by atoms with Gasteiger partial charge >= 0.3 is 36.6 Å². The Kier molecular flexibility index (Phi) is 22.0. The summed E-state index contributed by atoms with van der Waals surface area (Å²) in [5.74, 6) is -0.896. The average molecular weight is 730 g/mol. The number of nitrogens with zero attached hydrogens (tertiary/aromatic N) is 2. The fourth-order valence-corrected chi connectivity index (χ4v) is 5.38. The predicted octanol–water partition coefficient (Wildman–Crippen LogP) is 5.39. The lowest BCUT2D eigenvalue weighted by Crippen LogP contribution is -2.52. The lowest BCUT2D eigenvalue weighted by Gasteiger charge is -2.36. The predicted molar refractivity (Wildman–Crippen MR) is 185 cm³/mol. The lowest BCUT2D eigenvalue weighted by atomic mass is 9.91. The highest BCUT2D eigenvalue weighted by Gasteiger charge is 2.33. The largest absolute Gasteiger partial charge is 0.481 e. The second-order valence-electron chi connectivity index (χ2n) is 13.1. The molecule has 4 unspecified atom stereocenters. The third kappa shape index (κ3) is 19.6. The van der Waals surface area contributed by atoms with Crippen molar-refractivity contribution in [3.8, 4) is 0 Å². The number of nitrogens with one attached hydrogen (secondary N) is 1. The summed E-state index contributed by atoms with van der Waals surface area (Å²) >= 11 is 0. The molecule has 15 heteroatoms. The molecule has 2 aliphatic heterocycles. The fourth-order valence-electron chi connectivity index (χ4n) is 5.38. The Morgan fingerprint density at radius 1 is 0.731 bits per heavy atom. The molecule has 2 saturated heterocycles. The van der Waals surface area contributed by atoms with E-state index in [4.69, 9.17) is 38.5 Å². The van der Waals surface area contributed by atoms with Gasteiger partial charge in [-0.1, -0.05) is 81.9 Å². The van der Waals surface area contributed by atoms with Gasteiger partial charge in [0.05, 0.1) is 12.0 Å². The standard InChI is InChI=1S/C19H28N2O4.C15H19NO4.2CO2.CH4/c1-14-10-16(20-17(22)25-19(2,3)4)12-21(11-14)18(23)24-13-15-8-6-5-7-9-15;1-11-7-13(14(17)18)9-16(8-11)15(19)20-10-12-5-3-2-4-6-12;2*2-1-3;/h5-9,14,16H,10-13H2,1-4H3,(H,20,22);2-6,11,13H,7-10H2,1H3,(H,17,18);;;1H4. The second kappa shape index (κ2) is 24.6. The molecule has 0 aliphatic carbocycles. The molecule has 286 valence electrons. The van der Waals surface area contributed by atoms with E-state index >= 15 is 0 Å². The zero-order chi connectivity index (χ0) is 38.4. The maximum absolute atomic E-state index is 12.3. The number of carboxylic acid groups (broad SMARTS) is 1. The monoisotopic (exact) mass is 729 g/mol. The van der Waals surface area contributed by atoms with Crippen LogP contribution in [0.15, 0.2) is 60.7 Å². The van der Waals surface area contributed by atoms with Crippen LogP contribution in [0.4, 0.5) is 14.4 Å². The third-order valence-electron chi connectivity index (χ3n) is 7.32. The van der Waals surface area contributed by atoms with Crippen molar-refractivity contribution in [2.24, 2.45) is 17.8 Å². The van der Waals surface area contributed by atoms with Gasteiger partial charge in [-0.2, -0.15) is 19.2 Å². The molecular formula is C37H51N3O12. The topological polar surface area (TPSA) is 203 Å². The molecule has 2 aromatic carbocycles. The van der Waals surface area contributed by atoms with Crippen LogP contribution in [0.3, 0.4) is 0 Å². The Morgan fingerprint density at radius 2 is 1.13 bits per heavy atom. The highest BCUT2D eigenvalue weighted by molar-refractivity contribution is 5.73. The first-order chi connectivity index (χ1) is 24.1. The van der Waals surface area contributed by atoms with E-state index in [-0.39, 0.29) is 63.5 Å². The average Bonchev–Trinajstić information content (AvgIpc) is 3.06. The number of amides is 3. The molecule has 15 nitrogen and oxygen atoms in total. The van der Waals surface area contributed by atoms with E-state index in [0.717, 1.165) is 17.5 Å². The number of ether oxygens (including phenoxy) is 3. The minimum Gasteiger partial charge on any atom is -0.481 e. The molecule has 3 amide bonds. The van der Waals surface area contributed by atoms with Crippen LogP contribution in [0.1, 0.15) is 66.0 Å². The van der Waals surface area contributed by atoms with Gasteiger partial charge in [-0.15, -0.1) is 0 Å². The van der Waals surface area contributed by atoms with Gasteiger partial charge in [-0.05, 0) is 56.6 Å². The summed E-state index contributed by atoms with van der Waals surface area (Å²) in [6.45, 7) is 11.8. The van der Waals surface area contributed by atoms with Crippen LogP contribution in [0.25, 0.3) is 0 Å². The third-order valence-corrected chi connectivity index (χ3v) is 7.32. The molecule has 0 saturated carbocycles. The van der Waals surface area contributed by atoms with Crippen molar-refractivity contribution in [1.82, 2.24) is 15.1 Å². The number of piperidine rings is 2. The number of rotatable bonds is 6. The van der Waals surface area contributed by atoms with E-state index in [9.17, 15) is 19.2 Å². The van der Waals surface area contributed by atoms with Crippen LogP contribution in [0, 0.1) is 17.8 Å². The van der Waals surface area contributed by atoms with Gasteiger partial charge in [0, 0.05) is 26.2 Å². The Morgan fingerprint density at radius 3 is 1.54 bits per heavy atom. The van der Waals surface area contributed by atoms with Crippen molar-refractivity contribution in [1.29, 1.82) is 0 Å². The van der Waals surface area contributed by atoms with Gasteiger partial charge < -0.3 is 34.4 Å². The van der Waals surface area contributed by atoms with Crippen LogP contribution in [-0.2, 0) is 51.4 Å². The van der Waals surface area contributed by atoms with Crippen LogP contribution in [-0.4, -0.2) is 89.3 Å². The Balaban J connectivity index is 0.000000867. The molecular weight excluding hydrogens is 678 g/mol. The number of carboxylic acids is 1. The first kappa shape index (κ1) is 46.5. The van der Waals surface area contributed by atoms with Gasteiger partial charge in [-0.25, -0.2) is 14.4 Å². The van der Waals surface area contributed by atoms with E-state index in [0.29, 0.717) is 26.1 Å². The van der Waals surface area contributed by atoms with Crippen molar-refractivity contribution in [3.05, 3.63) is 71.8 Å². The fraction of sp³-hybridized carbons (Fsp3) is 0.514. The summed E-state index contributed by atoms with van der Waals surface area (Å²) in [6, 6.07) is 18.9. The van der Waals surface area contributed by atoms with E-state index < -0.39 is 29.7 Å². The van der Waals surface area contributed by atoms with Gasteiger partial charge in [0.25, 0.3) is 0 Å². The molecule has 52 heavy (non-hydrogen) atoms. The van der Waals surface area contributed by atoms with Crippen LogP contribution in [0.2, 0.25) is 0 Å². The van der Waals surface area contributed by atoms with E-state index in [1.165, 1.54) is 4.90 Å². The van der Waals surface area contributed by atoms with E-state index in [2.05, 4.69) is 12.2 Å². The first-order valence-electron chi connectivity index (χ1n) is 16.2. The van der Waals surface area contributed by atoms with Crippen molar-refractivity contribution in [2.75, 3.05) is 26.2 Å². The Bertz CT molecular complexity index is 1420. The molecule has 2 heterocycles. The Hall–Kier alpha value is -5.52. The van der Waals surface area contributed by atoms with Crippen molar-refractivity contribution < 1.29 is 57.7 Å². The van der Waals surface area contributed by atoms with Crippen LogP contribution >= 0.6 is 0 Å². The van der Waals surface area contributed by atoms with Crippen molar-refractivity contribution in [3.63, 3.8) is 0 Å². The SMILES string of the molecule is C.CC1CC(C(=O)O)CN(C(=O)OCc2ccccc2)C1.CC1CC(NC(=O)OC(C)(C)C)CN(C(=O)OCc2ccccc2)C1.O=C=O.O=C=O. The number of hydrogen-bond acceptors (Lipinski definition) is 11. The first-order valence-corrected chi connectivity index (χ1v) is 16.2. The zero-order valence-electron chi connectivity index (χ0n) is 29.6. The summed E-state index contributed by atoms with van der Waals surface area (Å²) < 4.78 is 15.9. The smallest absolute Gasteiger partial charge is 0.410 e. The number of carbonyl (C=O) groups excluding carboxylic acids is 7. The lowest BCUT2D eigenvalue weighted by molar-refractivity contribution is -0.193. The van der Waals surface area contributed by atoms with Gasteiger partial charge in [-0.3, -0.25) is 4.79 Å². The molecule has 2 fully saturated rings. The number of hydrogen-bond donors (Lipinski definition) is 2. The summed E-state index contributed by atoms with van der Waals surface area (Å²) in [5, 5.41) is 11.9. The molecule has 2 aliphatic rings. The number of aliphatic carboxylic acids is 1. The number of likely N-dealkylation sites (tertiary alicyclic amines) is 2. The molecule has 0 aromatic heterocycles. The molecule has 4 atom stereocenters. The highest BCUT2D eigenvalue weighted by atomic mass is 16.6. The number of alkyl carbamates (subject to hydrolysis) is 1. The molecule has 2 N–H and O–H groups in total. The normalized spacial score (nSPS) is 18.9. The van der Waals surface area contributed by atoms with Crippen LogP contribution < -0.4 is 5.32 Å². The number of carbonyl (C=O) groups is 4. The highest BCUT2D eigenvalue weighted by Crippen LogP contribution is 2.23. The maximum Gasteiger partial charge on any atom is 0.410 e. The van der Waals surface area contributed by atoms with Crippen molar-refractivity contribution >= 4 is 36.6 Å². The van der Waals surface area contributed by atoms with Gasteiger partial charge in [0.15, 0.2) is 0 Å². The zero-order valence-corrected chi connectivity index (χ0v) is 29.6. The Labute approximate surface area is 304 Å². The molecule has 0 spiro atoms. The summed E-state index contributed by atoms with van der Waals surface area (Å²) in [5.41, 5.74) is 1.32. The van der Waals surface area contributed by atoms with Gasteiger partial charge in [0.1, 0.15) is 18.8 Å². The molecule has 4 rings (SSSR count). The van der Waals surface area contributed by atoms with Gasteiger partial charge in [0.2, 0.25) is 0 Å². The number of benzene rings is 2. The summed E-state index contributed by atoms with van der Waals surface area (Å²) in [7, 11) is 0. The minimum absolute atomic E-state index is 0.